The van der Waals surface area contributed by atoms with Crippen LogP contribution >= 0.6 is 7.82 Å². The minimum absolute atomic E-state index is 0.164. The number of aliphatic hydroxyl groups is 3. The SMILES string of the molecule is CCCCCC(CO)(OP(=O)(O)OCC(O)CO)C(=O)O. The summed E-state index contributed by atoms with van der Waals surface area (Å²) in [7, 11) is -4.81. The van der Waals surface area contributed by atoms with Gasteiger partial charge >= 0.3 is 13.8 Å². The summed E-state index contributed by atoms with van der Waals surface area (Å²) >= 11 is 0. The van der Waals surface area contributed by atoms with Gasteiger partial charge < -0.3 is 25.3 Å². The van der Waals surface area contributed by atoms with Gasteiger partial charge in [0.1, 0.15) is 6.10 Å². The summed E-state index contributed by atoms with van der Waals surface area (Å²) in [5.74, 6) is -1.58. The molecule has 0 spiro atoms. The number of carboxylic acid groups (broad SMARTS) is 1. The highest BCUT2D eigenvalue weighted by atomic mass is 31.2. The molecule has 9 nitrogen and oxygen atoms in total. The van der Waals surface area contributed by atoms with Crippen LogP contribution in [-0.4, -0.2) is 62.8 Å². The van der Waals surface area contributed by atoms with Crippen LogP contribution in [0.4, 0.5) is 0 Å². The quantitative estimate of drug-likeness (QED) is 0.243. The van der Waals surface area contributed by atoms with Crippen molar-refractivity contribution in [2.24, 2.45) is 0 Å². The second kappa shape index (κ2) is 9.47. The van der Waals surface area contributed by atoms with Crippen LogP contribution in [0.25, 0.3) is 0 Å². The van der Waals surface area contributed by atoms with Gasteiger partial charge in [0, 0.05) is 0 Å². The summed E-state index contributed by atoms with van der Waals surface area (Å²) in [5.41, 5.74) is -2.25. The van der Waals surface area contributed by atoms with E-state index in [9.17, 15) is 19.4 Å². The molecule has 0 aliphatic heterocycles. The highest BCUT2D eigenvalue weighted by Gasteiger charge is 2.45. The van der Waals surface area contributed by atoms with Crippen LogP contribution in [0.3, 0.4) is 0 Å². The maximum absolute atomic E-state index is 11.7. The average molecular weight is 330 g/mol. The van der Waals surface area contributed by atoms with Crippen molar-refractivity contribution in [1.29, 1.82) is 0 Å². The third kappa shape index (κ3) is 7.32. The van der Waals surface area contributed by atoms with Crippen molar-refractivity contribution in [2.45, 2.75) is 44.3 Å². The molecule has 0 aromatic rings. The maximum Gasteiger partial charge on any atom is 0.473 e. The van der Waals surface area contributed by atoms with Crippen molar-refractivity contribution in [2.75, 3.05) is 19.8 Å². The minimum Gasteiger partial charge on any atom is -0.479 e. The van der Waals surface area contributed by atoms with Crippen LogP contribution in [0.1, 0.15) is 32.6 Å². The Bertz CT molecular complexity index is 362. The largest absolute Gasteiger partial charge is 0.479 e. The lowest BCUT2D eigenvalue weighted by Crippen LogP contribution is -2.44. The Morgan fingerprint density at radius 2 is 1.95 bits per heavy atom. The van der Waals surface area contributed by atoms with Gasteiger partial charge in [-0.2, -0.15) is 0 Å². The molecule has 126 valence electrons. The molecule has 10 heteroatoms. The highest BCUT2D eigenvalue weighted by molar-refractivity contribution is 7.47. The number of rotatable bonds is 12. The summed E-state index contributed by atoms with van der Waals surface area (Å²) in [5, 5.41) is 36.0. The maximum atomic E-state index is 11.7. The molecule has 0 rings (SSSR count). The molecule has 0 aliphatic carbocycles. The van der Waals surface area contributed by atoms with Crippen molar-refractivity contribution in [3.63, 3.8) is 0 Å². The van der Waals surface area contributed by atoms with Gasteiger partial charge in [0.15, 0.2) is 5.60 Å². The predicted octanol–water partition coefficient (Wildman–Crippen LogP) is -0.131. The topological polar surface area (TPSA) is 154 Å². The van der Waals surface area contributed by atoms with Crippen LogP contribution in [0, 0.1) is 0 Å². The predicted molar refractivity (Wildman–Crippen MR) is 71.5 cm³/mol. The van der Waals surface area contributed by atoms with Crippen molar-refractivity contribution in [3.05, 3.63) is 0 Å². The molecule has 0 aliphatic rings. The second-order valence-electron chi connectivity index (χ2n) is 4.61. The molecule has 0 aromatic carbocycles. The molecule has 21 heavy (non-hydrogen) atoms. The van der Waals surface area contributed by atoms with Crippen molar-refractivity contribution in [1.82, 2.24) is 0 Å². The average Bonchev–Trinajstić information content (AvgIpc) is 2.43. The Labute approximate surface area is 122 Å². The Morgan fingerprint density at radius 1 is 1.33 bits per heavy atom. The summed E-state index contributed by atoms with van der Waals surface area (Å²) in [6.07, 6.45) is 0.267. The molecule has 0 saturated carbocycles. The van der Waals surface area contributed by atoms with E-state index < -0.39 is 45.3 Å². The van der Waals surface area contributed by atoms with Gasteiger partial charge in [0.2, 0.25) is 0 Å². The number of unbranched alkanes of at least 4 members (excludes halogenated alkanes) is 2. The summed E-state index contributed by atoms with van der Waals surface area (Å²) < 4.78 is 20.7. The number of phosphoric acid groups is 1. The summed E-state index contributed by atoms with van der Waals surface area (Å²) in [6, 6.07) is 0. The zero-order valence-corrected chi connectivity index (χ0v) is 12.7. The third-order valence-electron chi connectivity index (χ3n) is 2.76. The molecule has 0 saturated heterocycles. The van der Waals surface area contributed by atoms with Crippen LogP contribution in [0.5, 0.6) is 0 Å². The van der Waals surface area contributed by atoms with E-state index in [1.165, 1.54) is 0 Å². The van der Waals surface area contributed by atoms with E-state index in [0.717, 1.165) is 6.42 Å². The fourth-order valence-corrected chi connectivity index (χ4v) is 2.59. The molecule has 3 unspecified atom stereocenters. The van der Waals surface area contributed by atoms with Gasteiger partial charge in [0.25, 0.3) is 0 Å². The van der Waals surface area contributed by atoms with E-state index >= 15 is 0 Å². The van der Waals surface area contributed by atoms with Crippen LogP contribution in [-0.2, 0) is 18.4 Å². The Morgan fingerprint density at radius 3 is 2.38 bits per heavy atom. The van der Waals surface area contributed by atoms with Crippen molar-refractivity contribution < 1.29 is 43.7 Å². The molecule has 0 heterocycles. The van der Waals surface area contributed by atoms with Crippen LogP contribution < -0.4 is 0 Å². The molecule has 0 aromatic heterocycles. The smallest absolute Gasteiger partial charge is 0.473 e. The lowest BCUT2D eigenvalue weighted by atomic mass is 9.97. The number of aliphatic hydroxyl groups excluding tert-OH is 3. The van der Waals surface area contributed by atoms with Gasteiger partial charge in [-0.05, 0) is 12.8 Å². The molecule has 0 bridgehead atoms. The monoisotopic (exact) mass is 330 g/mol. The lowest BCUT2D eigenvalue weighted by Gasteiger charge is -2.29. The van der Waals surface area contributed by atoms with Gasteiger partial charge in [-0.3, -0.25) is 9.05 Å². The molecule has 0 amide bonds. The molecule has 3 atom stereocenters. The van der Waals surface area contributed by atoms with Crippen LogP contribution in [0.2, 0.25) is 0 Å². The van der Waals surface area contributed by atoms with Gasteiger partial charge in [-0.25, -0.2) is 9.36 Å². The molecule has 5 N–H and O–H groups in total. The Balaban J connectivity index is 4.85. The minimum atomic E-state index is -4.81. The number of hydrogen-bond donors (Lipinski definition) is 5. The molecule has 0 radical (unpaired) electrons. The van der Waals surface area contributed by atoms with E-state index in [-0.39, 0.29) is 6.42 Å². The van der Waals surface area contributed by atoms with E-state index in [2.05, 4.69) is 9.05 Å². The lowest BCUT2D eigenvalue weighted by molar-refractivity contribution is -0.162. The van der Waals surface area contributed by atoms with Gasteiger partial charge in [0.05, 0.1) is 19.8 Å². The van der Waals surface area contributed by atoms with E-state index in [1.54, 1.807) is 0 Å². The third-order valence-corrected chi connectivity index (χ3v) is 3.82. The van der Waals surface area contributed by atoms with Crippen molar-refractivity contribution in [3.8, 4) is 0 Å². The number of aliphatic carboxylic acids is 1. The number of carboxylic acids is 1. The Kier molecular flexibility index (Phi) is 9.23. The number of phosphoric ester groups is 1. The zero-order valence-electron chi connectivity index (χ0n) is 11.8. The Hall–Kier alpha value is -0.540. The fraction of sp³-hybridized carbons (Fsp3) is 0.909. The van der Waals surface area contributed by atoms with E-state index in [0.29, 0.717) is 12.8 Å². The van der Waals surface area contributed by atoms with Crippen molar-refractivity contribution >= 4 is 13.8 Å². The first-order valence-electron chi connectivity index (χ1n) is 6.54. The van der Waals surface area contributed by atoms with Gasteiger partial charge in [-0.1, -0.05) is 19.8 Å². The zero-order chi connectivity index (χ0) is 16.5. The fourth-order valence-electron chi connectivity index (χ4n) is 1.51. The molecular formula is C11H23O9P. The normalized spacial score (nSPS) is 18.7. The standard InChI is InChI=1S/C11H23O9P/c1-2-3-4-5-11(8-13,10(15)16)20-21(17,18)19-7-9(14)6-12/h9,12-14H,2-8H2,1H3,(H,15,16)(H,17,18). The molecule has 0 fully saturated rings. The highest BCUT2D eigenvalue weighted by Crippen LogP contribution is 2.48. The summed E-state index contributed by atoms with van der Waals surface area (Å²) in [6.45, 7) is -0.512. The van der Waals surface area contributed by atoms with Crippen LogP contribution in [0.15, 0.2) is 0 Å². The first-order chi connectivity index (χ1) is 9.73. The first-order valence-corrected chi connectivity index (χ1v) is 8.04. The summed E-state index contributed by atoms with van der Waals surface area (Å²) in [4.78, 5) is 20.7. The van der Waals surface area contributed by atoms with E-state index in [1.807, 2.05) is 6.92 Å². The first kappa shape index (κ1) is 20.5. The molecular weight excluding hydrogens is 307 g/mol. The van der Waals surface area contributed by atoms with Gasteiger partial charge in [-0.15, -0.1) is 0 Å². The van der Waals surface area contributed by atoms with E-state index in [4.69, 9.17) is 15.3 Å². The number of hydrogen-bond acceptors (Lipinski definition) is 7. The second-order valence-corrected chi connectivity index (χ2v) is 5.98. The number of carbonyl (C=O) groups is 1.